The number of rotatable bonds is 2. The van der Waals surface area contributed by atoms with E-state index in [0.29, 0.717) is 18.1 Å². The highest BCUT2D eigenvalue weighted by molar-refractivity contribution is 4.81. The van der Waals surface area contributed by atoms with Crippen molar-refractivity contribution in [3.05, 3.63) is 0 Å². The van der Waals surface area contributed by atoms with Gasteiger partial charge in [-0.15, -0.1) is 0 Å². The molecule has 2 heteroatoms. The number of hydrogen-bond donors (Lipinski definition) is 1. The van der Waals surface area contributed by atoms with Gasteiger partial charge in [0.05, 0.1) is 12.2 Å². The van der Waals surface area contributed by atoms with Crippen molar-refractivity contribution in [2.24, 2.45) is 11.7 Å². The number of ether oxygens (including phenoxy) is 1. The zero-order valence-electron chi connectivity index (χ0n) is 7.71. The standard InChI is InChI=1S/C9H19NO/c1-6(2)9(10)8-5-4-7(3)11-8/h6-9H,4-5,10H2,1-3H3. The van der Waals surface area contributed by atoms with Crippen LogP contribution in [0.15, 0.2) is 0 Å². The Morgan fingerprint density at radius 3 is 2.36 bits per heavy atom. The van der Waals surface area contributed by atoms with Crippen molar-refractivity contribution in [2.45, 2.75) is 51.9 Å². The molecule has 66 valence electrons. The Labute approximate surface area is 69.1 Å². The minimum Gasteiger partial charge on any atom is -0.374 e. The second-order valence-electron chi connectivity index (χ2n) is 3.88. The monoisotopic (exact) mass is 157 g/mol. The minimum atomic E-state index is 0.222. The summed E-state index contributed by atoms with van der Waals surface area (Å²) in [7, 11) is 0. The van der Waals surface area contributed by atoms with E-state index in [1.54, 1.807) is 0 Å². The van der Waals surface area contributed by atoms with E-state index in [-0.39, 0.29) is 6.04 Å². The van der Waals surface area contributed by atoms with E-state index in [9.17, 15) is 0 Å². The van der Waals surface area contributed by atoms with Crippen LogP contribution in [-0.2, 0) is 4.74 Å². The Bertz CT molecular complexity index is 125. The highest BCUT2D eigenvalue weighted by Crippen LogP contribution is 2.23. The van der Waals surface area contributed by atoms with Gasteiger partial charge in [-0.1, -0.05) is 13.8 Å². The van der Waals surface area contributed by atoms with E-state index in [4.69, 9.17) is 10.5 Å². The summed E-state index contributed by atoms with van der Waals surface area (Å²) in [5.41, 5.74) is 5.96. The first-order valence-electron chi connectivity index (χ1n) is 4.52. The summed E-state index contributed by atoms with van der Waals surface area (Å²) in [6, 6.07) is 0.222. The Kier molecular flexibility index (Phi) is 2.90. The van der Waals surface area contributed by atoms with Crippen LogP contribution in [0.25, 0.3) is 0 Å². The lowest BCUT2D eigenvalue weighted by molar-refractivity contribution is 0.0311. The van der Waals surface area contributed by atoms with Crippen molar-refractivity contribution in [2.75, 3.05) is 0 Å². The largest absolute Gasteiger partial charge is 0.374 e. The second kappa shape index (κ2) is 3.55. The smallest absolute Gasteiger partial charge is 0.0733 e. The Morgan fingerprint density at radius 2 is 2.00 bits per heavy atom. The summed E-state index contributed by atoms with van der Waals surface area (Å²) in [4.78, 5) is 0. The summed E-state index contributed by atoms with van der Waals surface area (Å²) in [5, 5.41) is 0. The van der Waals surface area contributed by atoms with Crippen molar-refractivity contribution in [1.82, 2.24) is 0 Å². The van der Waals surface area contributed by atoms with Gasteiger partial charge in [0, 0.05) is 6.04 Å². The van der Waals surface area contributed by atoms with Crippen LogP contribution in [0.3, 0.4) is 0 Å². The summed E-state index contributed by atoms with van der Waals surface area (Å²) in [6.45, 7) is 6.42. The summed E-state index contributed by atoms with van der Waals surface area (Å²) < 4.78 is 5.66. The lowest BCUT2D eigenvalue weighted by Gasteiger charge is -2.22. The van der Waals surface area contributed by atoms with E-state index in [1.807, 2.05) is 0 Å². The molecule has 1 fully saturated rings. The number of nitrogens with two attached hydrogens (primary N) is 1. The third-order valence-electron chi connectivity index (χ3n) is 2.46. The molecular formula is C9H19NO. The molecule has 0 saturated carbocycles. The molecule has 0 aromatic heterocycles. The van der Waals surface area contributed by atoms with Crippen molar-refractivity contribution in [1.29, 1.82) is 0 Å². The molecule has 3 unspecified atom stereocenters. The van der Waals surface area contributed by atoms with Gasteiger partial charge in [-0.05, 0) is 25.7 Å². The molecule has 0 aromatic rings. The maximum atomic E-state index is 5.96. The van der Waals surface area contributed by atoms with Crippen LogP contribution in [0.4, 0.5) is 0 Å². The van der Waals surface area contributed by atoms with E-state index in [1.165, 1.54) is 6.42 Å². The quantitative estimate of drug-likeness (QED) is 0.660. The fourth-order valence-corrected chi connectivity index (χ4v) is 1.55. The van der Waals surface area contributed by atoms with Crippen molar-refractivity contribution < 1.29 is 4.74 Å². The van der Waals surface area contributed by atoms with Crippen LogP contribution in [0.5, 0.6) is 0 Å². The van der Waals surface area contributed by atoms with Crippen LogP contribution >= 0.6 is 0 Å². The molecule has 1 rings (SSSR count). The van der Waals surface area contributed by atoms with Crippen molar-refractivity contribution in [3.8, 4) is 0 Å². The molecule has 1 aliphatic rings. The molecule has 1 saturated heterocycles. The molecule has 1 heterocycles. The van der Waals surface area contributed by atoms with Gasteiger partial charge < -0.3 is 10.5 Å². The summed E-state index contributed by atoms with van der Waals surface area (Å²) in [5.74, 6) is 0.533. The van der Waals surface area contributed by atoms with E-state index in [2.05, 4.69) is 20.8 Å². The Balaban J connectivity index is 2.36. The molecule has 3 atom stereocenters. The van der Waals surface area contributed by atoms with Crippen molar-refractivity contribution in [3.63, 3.8) is 0 Å². The molecule has 0 bridgehead atoms. The molecule has 2 N–H and O–H groups in total. The molecule has 1 aliphatic heterocycles. The molecule has 0 aliphatic carbocycles. The molecule has 0 aromatic carbocycles. The van der Waals surface area contributed by atoms with Gasteiger partial charge in [0.2, 0.25) is 0 Å². The van der Waals surface area contributed by atoms with Gasteiger partial charge in [-0.25, -0.2) is 0 Å². The van der Waals surface area contributed by atoms with Gasteiger partial charge in [-0.2, -0.15) is 0 Å². The van der Waals surface area contributed by atoms with Crippen LogP contribution in [0, 0.1) is 5.92 Å². The maximum Gasteiger partial charge on any atom is 0.0733 e. The van der Waals surface area contributed by atoms with Gasteiger partial charge in [0.25, 0.3) is 0 Å². The van der Waals surface area contributed by atoms with Crippen LogP contribution in [0.1, 0.15) is 33.6 Å². The molecule has 0 amide bonds. The van der Waals surface area contributed by atoms with Crippen LogP contribution < -0.4 is 5.73 Å². The molecule has 0 spiro atoms. The second-order valence-corrected chi connectivity index (χ2v) is 3.88. The van der Waals surface area contributed by atoms with Crippen LogP contribution in [-0.4, -0.2) is 18.2 Å². The topological polar surface area (TPSA) is 35.2 Å². The first kappa shape index (κ1) is 9.01. The molecular weight excluding hydrogens is 138 g/mol. The van der Waals surface area contributed by atoms with E-state index in [0.717, 1.165) is 6.42 Å². The maximum absolute atomic E-state index is 5.96. The predicted molar refractivity (Wildman–Crippen MR) is 46.4 cm³/mol. The number of hydrogen-bond acceptors (Lipinski definition) is 2. The zero-order valence-corrected chi connectivity index (χ0v) is 7.71. The Hall–Kier alpha value is -0.0800. The third kappa shape index (κ3) is 2.17. The van der Waals surface area contributed by atoms with Crippen molar-refractivity contribution >= 4 is 0 Å². The molecule has 2 nitrogen and oxygen atoms in total. The normalized spacial score (nSPS) is 34.6. The molecule has 0 radical (unpaired) electrons. The lowest BCUT2D eigenvalue weighted by Crippen LogP contribution is -2.39. The van der Waals surface area contributed by atoms with E-state index >= 15 is 0 Å². The summed E-state index contributed by atoms with van der Waals surface area (Å²) in [6.07, 6.45) is 3.04. The fraction of sp³-hybridized carbons (Fsp3) is 1.00. The SMILES string of the molecule is CC1CCC(C(N)C(C)C)O1. The first-order valence-corrected chi connectivity index (χ1v) is 4.52. The average molecular weight is 157 g/mol. The average Bonchev–Trinajstić information content (AvgIpc) is 2.34. The summed E-state index contributed by atoms with van der Waals surface area (Å²) >= 11 is 0. The highest BCUT2D eigenvalue weighted by atomic mass is 16.5. The fourth-order valence-electron chi connectivity index (χ4n) is 1.55. The predicted octanol–water partition coefficient (Wildman–Crippen LogP) is 1.54. The van der Waals surface area contributed by atoms with Gasteiger partial charge in [-0.3, -0.25) is 0 Å². The van der Waals surface area contributed by atoms with Gasteiger partial charge in [0.15, 0.2) is 0 Å². The van der Waals surface area contributed by atoms with Gasteiger partial charge in [0.1, 0.15) is 0 Å². The highest BCUT2D eigenvalue weighted by Gasteiger charge is 2.28. The molecule has 11 heavy (non-hydrogen) atoms. The third-order valence-corrected chi connectivity index (χ3v) is 2.46. The Morgan fingerprint density at radius 1 is 1.36 bits per heavy atom. The van der Waals surface area contributed by atoms with Crippen LogP contribution in [0.2, 0.25) is 0 Å². The first-order chi connectivity index (χ1) is 5.11. The zero-order chi connectivity index (χ0) is 8.43. The minimum absolute atomic E-state index is 0.222. The lowest BCUT2D eigenvalue weighted by atomic mass is 9.98. The van der Waals surface area contributed by atoms with Gasteiger partial charge >= 0.3 is 0 Å². The van der Waals surface area contributed by atoms with E-state index < -0.39 is 0 Å².